The van der Waals surface area contributed by atoms with Crippen molar-refractivity contribution in [1.82, 2.24) is 5.32 Å². The van der Waals surface area contributed by atoms with Crippen molar-refractivity contribution in [1.29, 1.82) is 0 Å². The van der Waals surface area contributed by atoms with E-state index < -0.39 is 0 Å². The fourth-order valence-electron chi connectivity index (χ4n) is 1.89. The molecule has 0 aromatic heterocycles. The summed E-state index contributed by atoms with van der Waals surface area (Å²) in [7, 11) is 0. The number of thioether (sulfide) groups is 1. The SMILES string of the molecule is CCCNC(CSc1ccc([N+](=O)[O-])cc1)C(C)CC. The molecule has 5 heteroatoms. The van der Waals surface area contributed by atoms with Crippen LogP contribution in [0.3, 0.4) is 0 Å². The van der Waals surface area contributed by atoms with Crippen molar-refractivity contribution in [2.75, 3.05) is 12.3 Å². The summed E-state index contributed by atoms with van der Waals surface area (Å²) in [6.07, 6.45) is 2.29. The van der Waals surface area contributed by atoms with Gasteiger partial charge in [-0.3, -0.25) is 10.1 Å². The minimum absolute atomic E-state index is 0.150. The predicted molar refractivity (Wildman–Crippen MR) is 85.4 cm³/mol. The lowest BCUT2D eigenvalue weighted by Crippen LogP contribution is -2.37. The quantitative estimate of drug-likeness (QED) is 0.423. The van der Waals surface area contributed by atoms with Crippen molar-refractivity contribution in [3.63, 3.8) is 0 Å². The van der Waals surface area contributed by atoms with Gasteiger partial charge in [0, 0.05) is 28.8 Å². The van der Waals surface area contributed by atoms with Crippen LogP contribution < -0.4 is 5.32 Å². The minimum Gasteiger partial charge on any atom is -0.313 e. The topological polar surface area (TPSA) is 55.2 Å². The van der Waals surface area contributed by atoms with E-state index in [0.29, 0.717) is 12.0 Å². The summed E-state index contributed by atoms with van der Waals surface area (Å²) in [4.78, 5) is 11.3. The highest BCUT2D eigenvalue weighted by Gasteiger charge is 2.15. The third-order valence-electron chi connectivity index (χ3n) is 3.46. The average molecular weight is 296 g/mol. The maximum absolute atomic E-state index is 10.6. The number of nitro groups is 1. The molecule has 2 unspecified atom stereocenters. The molecule has 4 nitrogen and oxygen atoms in total. The Morgan fingerprint density at radius 2 is 1.95 bits per heavy atom. The Balaban J connectivity index is 2.55. The Labute approximate surface area is 125 Å². The smallest absolute Gasteiger partial charge is 0.269 e. The number of benzene rings is 1. The van der Waals surface area contributed by atoms with Crippen molar-refractivity contribution in [2.45, 2.75) is 44.6 Å². The first kappa shape index (κ1) is 17.0. The van der Waals surface area contributed by atoms with Gasteiger partial charge < -0.3 is 5.32 Å². The molecule has 1 aromatic carbocycles. The molecule has 0 aliphatic carbocycles. The first-order valence-corrected chi connectivity index (χ1v) is 8.17. The second kappa shape index (κ2) is 8.97. The van der Waals surface area contributed by atoms with Gasteiger partial charge in [-0.1, -0.05) is 27.2 Å². The average Bonchev–Trinajstić information content (AvgIpc) is 2.47. The van der Waals surface area contributed by atoms with Crippen LogP contribution in [0.1, 0.15) is 33.6 Å². The van der Waals surface area contributed by atoms with Crippen LogP contribution in [0.2, 0.25) is 0 Å². The molecule has 0 aliphatic heterocycles. The summed E-state index contributed by atoms with van der Waals surface area (Å²) < 4.78 is 0. The van der Waals surface area contributed by atoms with E-state index in [-0.39, 0.29) is 10.6 Å². The zero-order chi connectivity index (χ0) is 15.0. The van der Waals surface area contributed by atoms with E-state index in [1.165, 1.54) is 0 Å². The fourth-order valence-corrected chi connectivity index (χ4v) is 3.04. The molecule has 2 atom stereocenters. The Morgan fingerprint density at radius 3 is 2.45 bits per heavy atom. The van der Waals surface area contributed by atoms with E-state index in [9.17, 15) is 10.1 Å². The number of hydrogen-bond donors (Lipinski definition) is 1. The molecular formula is C15H24N2O2S. The van der Waals surface area contributed by atoms with Crippen molar-refractivity contribution in [2.24, 2.45) is 5.92 Å². The van der Waals surface area contributed by atoms with E-state index in [1.54, 1.807) is 23.9 Å². The van der Waals surface area contributed by atoms with E-state index >= 15 is 0 Å². The lowest BCUT2D eigenvalue weighted by Gasteiger charge is -2.24. The molecule has 1 aromatic rings. The van der Waals surface area contributed by atoms with E-state index in [0.717, 1.165) is 30.0 Å². The molecule has 0 saturated heterocycles. The molecule has 0 amide bonds. The molecule has 0 aliphatic rings. The van der Waals surface area contributed by atoms with Crippen LogP contribution in [0.15, 0.2) is 29.2 Å². The number of nitro benzene ring substituents is 1. The van der Waals surface area contributed by atoms with Crippen LogP contribution in [0.25, 0.3) is 0 Å². The van der Waals surface area contributed by atoms with Crippen LogP contribution in [-0.2, 0) is 0 Å². The summed E-state index contributed by atoms with van der Waals surface area (Å²) in [6, 6.07) is 7.28. The van der Waals surface area contributed by atoms with Gasteiger partial charge in [0.25, 0.3) is 5.69 Å². The van der Waals surface area contributed by atoms with Crippen molar-refractivity contribution >= 4 is 17.4 Å². The van der Waals surface area contributed by atoms with Gasteiger partial charge in [0.05, 0.1) is 4.92 Å². The molecule has 0 spiro atoms. The molecule has 20 heavy (non-hydrogen) atoms. The van der Waals surface area contributed by atoms with Crippen LogP contribution in [0, 0.1) is 16.0 Å². The summed E-state index contributed by atoms with van der Waals surface area (Å²) >= 11 is 1.76. The van der Waals surface area contributed by atoms with E-state index in [4.69, 9.17) is 0 Å². The first-order valence-electron chi connectivity index (χ1n) is 7.19. The van der Waals surface area contributed by atoms with Crippen molar-refractivity contribution in [3.8, 4) is 0 Å². The van der Waals surface area contributed by atoms with Crippen LogP contribution in [-0.4, -0.2) is 23.3 Å². The molecule has 0 heterocycles. The summed E-state index contributed by atoms with van der Waals surface area (Å²) in [6.45, 7) is 7.69. The van der Waals surface area contributed by atoms with Gasteiger partial charge in [0.1, 0.15) is 0 Å². The fraction of sp³-hybridized carbons (Fsp3) is 0.600. The molecule has 112 valence electrons. The maximum atomic E-state index is 10.6. The van der Waals surface area contributed by atoms with Crippen LogP contribution >= 0.6 is 11.8 Å². The van der Waals surface area contributed by atoms with Gasteiger partial charge in [-0.05, 0) is 31.0 Å². The minimum atomic E-state index is -0.362. The lowest BCUT2D eigenvalue weighted by molar-refractivity contribution is -0.384. The molecule has 1 N–H and O–H groups in total. The highest BCUT2D eigenvalue weighted by molar-refractivity contribution is 7.99. The predicted octanol–water partition coefficient (Wildman–Crippen LogP) is 4.10. The molecule has 0 bridgehead atoms. The second-order valence-corrected chi connectivity index (χ2v) is 6.10. The Kier molecular flexibility index (Phi) is 7.62. The zero-order valence-electron chi connectivity index (χ0n) is 12.5. The van der Waals surface area contributed by atoms with Gasteiger partial charge in [-0.15, -0.1) is 11.8 Å². The molecule has 0 radical (unpaired) electrons. The second-order valence-electron chi connectivity index (χ2n) is 5.01. The van der Waals surface area contributed by atoms with Gasteiger partial charge in [0.2, 0.25) is 0 Å². The van der Waals surface area contributed by atoms with Gasteiger partial charge >= 0.3 is 0 Å². The number of non-ortho nitro benzene ring substituents is 1. The summed E-state index contributed by atoms with van der Waals surface area (Å²) in [5.74, 6) is 1.62. The van der Waals surface area contributed by atoms with Crippen molar-refractivity contribution in [3.05, 3.63) is 34.4 Å². The zero-order valence-corrected chi connectivity index (χ0v) is 13.3. The van der Waals surface area contributed by atoms with Crippen molar-refractivity contribution < 1.29 is 4.92 Å². The lowest BCUT2D eigenvalue weighted by atomic mass is 10.0. The third kappa shape index (κ3) is 5.51. The molecule has 0 fully saturated rings. The van der Waals surface area contributed by atoms with Crippen LogP contribution in [0.4, 0.5) is 5.69 Å². The van der Waals surface area contributed by atoms with Crippen LogP contribution in [0.5, 0.6) is 0 Å². The Morgan fingerprint density at radius 1 is 1.30 bits per heavy atom. The standard InChI is InChI=1S/C15H24N2O2S/c1-4-10-16-15(12(3)5-2)11-20-14-8-6-13(7-9-14)17(18)19/h6-9,12,15-16H,4-5,10-11H2,1-3H3. The highest BCUT2D eigenvalue weighted by Crippen LogP contribution is 2.24. The number of nitrogens with zero attached hydrogens (tertiary/aromatic N) is 1. The van der Waals surface area contributed by atoms with Gasteiger partial charge in [-0.25, -0.2) is 0 Å². The molecule has 0 saturated carbocycles. The Hall–Kier alpha value is -1.07. The molecular weight excluding hydrogens is 272 g/mol. The number of hydrogen-bond acceptors (Lipinski definition) is 4. The van der Waals surface area contributed by atoms with E-state index in [1.807, 2.05) is 12.1 Å². The normalized spacial score (nSPS) is 13.9. The third-order valence-corrected chi connectivity index (χ3v) is 4.60. The Bertz CT molecular complexity index is 409. The monoisotopic (exact) mass is 296 g/mol. The van der Waals surface area contributed by atoms with Gasteiger partial charge in [-0.2, -0.15) is 0 Å². The summed E-state index contributed by atoms with van der Waals surface area (Å²) in [5, 5.41) is 14.2. The molecule has 1 rings (SSSR count). The maximum Gasteiger partial charge on any atom is 0.269 e. The first-order chi connectivity index (χ1) is 9.58. The number of rotatable bonds is 9. The summed E-state index contributed by atoms with van der Waals surface area (Å²) in [5.41, 5.74) is 0.150. The largest absolute Gasteiger partial charge is 0.313 e. The van der Waals surface area contributed by atoms with Gasteiger partial charge in [0.15, 0.2) is 0 Å². The highest BCUT2D eigenvalue weighted by atomic mass is 32.2. The number of nitrogens with one attached hydrogen (secondary N) is 1. The van der Waals surface area contributed by atoms with E-state index in [2.05, 4.69) is 26.1 Å².